The van der Waals surface area contributed by atoms with Crippen LogP contribution in [-0.4, -0.2) is 23.4 Å². The van der Waals surface area contributed by atoms with Crippen molar-refractivity contribution in [1.82, 2.24) is 5.32 Å². The number of alkyl carbamates (subject to hydrolysis) is 1. The lowest BCUT2D eigenvalue weighted by Crippen LogP contribution is -2.32. The third kappa shape index (κ3) is 6.47. The summed E-state index contributed by atoms with van der Waals surface area (Å²) in [6.07, 6.45) is -0.454. The van der Waals surface area contributed by atoms with Gasteiger partial charge < -0.3 is 15.4 Å². The van der Waals surface area contributed by atoms with Gasteiger partial charge in [0.1, 0.15) is 5.60 Å². The first kappa shape index (κ1) is 16.4. The molecule has 20 heavy (non-hydrogen) atoms. The molecule has 0 atom stereocenters. The van der Waals surface area contributed by atoms with E-state index in [1.165, 1.54) is 0 Å². The fourth-order valence-electron chi connectivity index (χ4n) is 1.39. The Morgan fingerprint density at radius 3 is 2.30 bits per heavy atom. The van der Waals surface area contributed by atoms with Crippen LogP contribution in [0, 0.1) is 0 Å². The standard InChI is InChI=1S/C14H20N2O3S/c1-14(2,3)19-13(18)15-8-10-4-6-11(7-5-10)16-12(17)9-20/h4-7,20H,8-9H2,1-3H3,(H,15,18)(H,16,17). The molecular weight excluding hydrogens is 276 g/mol. The van der Waals surface area contributed by atoms with Crippen molar-refractivity contribution in [3.8, 4) is 0 Å². The molecule has 0 saturated heterocycles. The van der Waals surface area contributed by atoms with Crippen molar-refractivity contribution in [2.24, 2.45) is 0 Å². The van der Waals surface area contributed by atoms with Gasteiger partial charge in [-0.05, 0) is 38.5 Å². The Morgan fingerprint density at radius 1 is 1.20 bits per heavy atom. The first-order valence-electron chi connectivity index (χ1n) is 6.26. The molecule has 0 spiro atoms. The molecule has 0 saturated carbocycles. The molecule has 0 aliphatic heterocycles. The SMILES string of the molecule is CC(C)(C)OC(=O)NCc1ccc(NC(=O)CS)cc1. The summed E-state index contributed by atoms with van der Waals surface area (Å²) in [6, 6.07) is 7.19. The van der Waals surface area contributed by atoms with Gasteiger partial charge in [0.15, 0.2) is 0 Å². The first-order chi connectivity index (χ1) is 9.30. The van der Waals surface area contributed by atoms with Crippen LogP contribution in [0.3, 0.4) is 0 Å². The number of nitrogens with one attached hydrogen (secondary N) is 2. The van der Waals surface area contributed by atoms with Crippen LogP contribution in [0.25, 0.3) is 0 Å². The zero-order chi connectivity index (χ0) is 15.2. The van der Waals surface area contributed by atoms with Crippen molar-refractivity contribution in [2.75, 3.05) is 11.1 Å². The Labute approximate surface area is 124 Å². The van der Waals surface area contributed by atoms with Crippen LogP contribution in [0.15, 0.2) is 24.3 Å². The van der Waals surface area contributed by atoms with Gasteiger partial charge in [-0.3, -0.25) is 4.79 Å². The molecule has 6 heteroatoms. The molecule has 0 fully saturated rings. The number of thiol groups is 1. The molecule has 0 aliphatic carbocycles. The molecule has 1 aromatic carbocycles. The van der Waals surface area contributed by atoms with E-state index in [1.54, 1.807) is 12.1 Å². The molecule has 2 amide bonds. The number of amides is 2. The highest BCUT2D eigenvalue weighted by molar-refractivity contribution is 7.81. The Kier molecular flexibility index (Phi) is 5.88. The van der Waals surface area contributed by atoms with Crippen LogP contribution in [0.5, 0.6) is 0 Å². The molecule has 0 aromatic heterocycles. The quantitative estimate of drug-likeness (QED) is 0.748. The molecular formula is C14H20N2O3S. The number of carbonyl (C=O) groups is 2. The molecule has 0 unspecified atom stereocenters. The van der Waals surface area contributed by atoms with Gasteiger partial charge in [-0.25, -0.2) is 4.79 Å². The molecule has 0 bridgehead atoms. The summed E-state index contributed by atoms with van der Waals surface area (Å²) in [5.74, 6) is -0.0185. The van der Waals surface area contributed by atoms with E-state index < -0.39 is 11.7 Å². The maximum atomic E-state index is 11.5. The second kappa shape index (κ2) is 7.19. The smallest absolute Gasteiger partial charge is 0.407 e. The van der Waals surface area contributed by atoms with Crippen molar-refractivity contribution >= 4 is 30.3 Å². The minimum absolute atomic E-state index is 0.141. The van der Waals surface area contributed by atoms with E-state index in [9.17, 15) is 9.59 Å². The Balaban J connectivity index is 2.46. The second-order valence-electron chi connectivity index (χ2n) is 5.26. The van der Waals surface area contributed by atoms with Gasteiger partial charge in [-0.2, -0.15) is 12.6 Å². The van der Waals surface area contributed by atoms with Gasteiger partial charge in [-0.15, -0.1) is 0 Å². The lowest BCUT2D eigenvalue weighted by molar-refractivity contribution is -0.113. The number of rotatable bonds is 4. The first-order valence-corrected chi connectivity index (χ1v) is 6.90. The van der Waals surface area contributed by atoms with E-state index in [4.69, 9.17) is 4.74 Å². The lowest BCUT2D eigenvalue weighted by atomic mass is 10.2. The van der Waals surface area contributed by atoms with Crippen molar-refractivity contribution in [3.63, 3.8) is 0 Å². The predicted octanol–water partition coefficient (Wildman–Crippen LogP) is 2.58. The van der Waals surface area contributed by atoms with Crippen molar-refractivity contribution in [2.45, 2.75) is 32.9 Å². The van der Waals surface area contributed by atoms with Crippen molar-refractivity contribution in [3.05, 3.63) is 29.8 Å². The fraction of sp³-hybridized carbons (Fsp3) is 0.429. The number of hydrogen-bond donors (Lipinski definition) is 3. The average molecular weight is 296 g/mol. The number of hydrogen-bond acceptors (Lipinski definition) is 4. The lowest BCUT2D eigenvalue weighted by Gasteiger charge is -2.19. The van der Waals surface area contributed by atoms with Gasteiger partial charge in [0, 0.05) is 12.2 Å². The highest BCUT2D eigenvalue weighted by Gasteiger charge is 2.15. The van der Waals surface area contributed by atoms with Crippen LogP contribution in [0.4, 0.5) is 10.5 Å². The molecule has 0 aliphatic rings. The summed E-state index contributed by atoms with van der Waals surface area (Å²) in [5, 5.41) is 5.35. The second-order valence-corrected chi connectivity index (χ2v) is 5.57. The summed E-state index contributed by atoms with van der Waals surface area (Å²) >= 11 is 3.88. The minimum atomic E-state index is -0.509. The Bertz CT molecular complexity index is 466. The van der Waals surface area contributed by atoms with Crippen LogP contribution < -0.4 is 10.6 Å². The monoisotopic (exact) mass is 296 g/mol. The average Bonchev–Trinajstić information content (AvgIpc) is 2.36. The predicted molar refractivity (Wildman–Crippen MR) is 82.0 cm³/mol. The Morgan fingerprint density at radius 2 is 1.80 bits per heavy atom. The highest BCUT2D eigenvalue weighted by atomic mass is 32.1. The van der Waals surface area contributed by atoms with Gasteiger partial charge in [0.05, 0.1) is 5.75 Å². The van der Waals surface area contributed by atoms with E-state index in [1.807, 2.05) is 32.9 Å². The largest absolute Gasteiger partial charge is 0.444 e. The molecule has 5 nitrogen and oxygen atoms in total. The van der Waals surface area contributed by atoms with Crippen LogP contribution in [-0.2, 0) is 16.1 Å². The number of anilines is 1. The number of ether oxygens (including phenoxy) is 1. The molecule has 110 valence electrons. The fourth-order valence-corrected chi connectivity index (χ4v) is 1.47. The van der Waals surface area contributed by atoms with Crippen LogP contribution >= 0.6 is 12.6 Å². The molecule has 1 rings (SSSR count). The zero-order valence-corrected chi connectivity index (χ0v) is 12.8. The Hall–Kier alpha value is -1.69. The van der Waals surface area contributed by atoms with Crippen molar-refractivity contribution < 1.29 is 14.3 Å². The summed E-state index contributed by atoms with van der Waals surface area (Å²) in [4.78, 5) is 22.6. The van der Waals surface area contributed by atoms with E-state index in [0.29, 0.717) is 12.2 Å². The molecule has 1 aromatic rings. The van der Waals surface area contributed by atoms with Gasteiger partial charge in [0.2, 0.25) is 5.91 Å². The van der Waals surface area contributed by atoms with Crippen molar-refractivity contribution in [1.29, 1.82) is 0 Å². The maximum Gasteiger partial charge on any atom is 0.407 e. The van der Waals surface area contributed by atoms with Gasteiger partial charge >= 0.3 is 6.09 Å². The van der Waals surface area contributed by atoms with E-state index >= 15 is 0 Å². The summed E-state index contributed by atoms with van der Waals surface area (Å²) in [6.45, 7) is 5.80. The molecule has 2 N–H and O–H groups in total. The van der Waals surface area contributed by atoms with E-state index in [0.717, 1.165) is 5.56 Å². The third-order valence-electron chi connectivity index (χ3n) is 2.22. The number of carbonyl (C=O) groups excluding carboxylic acids is 2. The minimum Gasteiger partial charge on any atom is -0.444 e. The highest BCUT2D eigenvalue weighted by Crippen LogP contribution is 2.10. The van der Waals surface area contributed by atoms with Crippen LogP contribution in [0.2, 0.25) is 0 Å². The normalized spacial score (nSPS) is 10.8. The van der Waals surface area contributed by atoms with E-state index in [-0.39, 0.29) is 11.7 Å². The molecule has 0 radical (unpaired) electrons. The number of benzene rings is 1. The molecule has 0 heterocycles. The van der Waals surface area contributed by atoms with Gasteiger partial charge in [-0.1, -0.05) is 12.1 Å². The van der Waals surface area contributed by atoms with Crippen LogP contribution in [0.1, 0.15) is 26.3 Å². The summed E-state index contributed by atoms with van der Waals surface area (Å²) in [5.41, 5.74) is 1.11. The summed E-state index contributed by atoms with van der Waals surface area (Å²) in [7, 11) is 0. The third-order valence-corrected chi connectivity index (χ3v) is 2.50. The topological polar surface area (TPSA) is 67.4 Å². The van der Waals surface area contributed by atoms with E-state index in [2.05, 4.69) is 23.3 Å². The zero-order valence-electron chi connectivity index (χ0n) is 11.9. The summed E-state index contributed by atoms with van der Waals surface area (Å²) < 4.78 is 5.13. The van der Waals surface area contributed by atoms with Gasteiger partial charge in [0.25, 0.3) is 0 Å². The maximum absolute atomic E-state index is 11.5.